The van der Waals surface area contributed by atoms with Crippen molar-refractivity contribution in [3.05, 3.63) is 65.7 Å². The van der Waals surface area contributed by atoms with Crippen molar-refractivity contribution in [1.29, 1.82) is 5.26 Å². The number of hydrogen-bond acceptors (Lipinski definition) is 8. The van der Waals surface area contributed by atoms with Gasteiger partial charge in [-0.1, -0.05) is 42.5 Å². The number of phenolic OH excluding ortho intramolecular Hbond substituents is 1. The topological polar surface area (TPSA) is 158 Å². The Kier molecular flexibility index (Phi) is 10.6. The molecule has 0 aliphatic carbocycles. The van der Waals surface area contributed by atoms with Crippen LogP contribution in [0.2, 0.25) is 0 Å². The smallest absolute Gasteiger partial charge is 0.408 e. The lowest BCUT2D eigenvalue weighted by Crippen LogP contribution is -2.54. The molecule has 202 valence electrons. The summed E-state index contributed by atoms with van der Waals surface area (Å²) in [5.74, 6) is -2.44. The molecule has 0 aromatic heterocycles. The molecule has 0 heterocycles. The highest BCUT2D eigenvalue weighted by molar-refractivity contribution is 5.93. The van der Waals surface area contributed by atoms with Crippen LogP contribution in [0.25, 0.3) is 0 Å². The highest BCUT2D eigenvalue weighted by atomic mass is 16.6. The van der Waals surface area contributed by atoms with Gasteiger partial charge in [-0.15, -0.1) is 0 Å². The maximum atomic E-state index is 13.9. The lowest BCUT2D eigenvalue weighted by molar-refractivity contribution is -0.144. The molecule has 2 unspecified atom stereocenters. The molecule has 2 rings (SSSR count). The number of carbonyl (C=O) groups excluding carboxylic acids is 4. The molecule has 11 nitrogen and oxygen atoms in total. The normalized spacial score (nSPS) is 12.3. The van der Waals surface area contributed by atoms with Gasteiger partial charge in [0, 0.05) is 6.42 Å². The summed E-state index contributed by atoms with van der Waals surface area (Å²) in [6.07, 6.45) is -0.815. The number of alkyl carbamates (subject to hydrolysis) is 1. The molecular formula is C27H32N4O7. The Hall–Kier alpha value is -4.59. The van der Waals surface area contributed by atoms with Crippen LogP contribution in [0.4, 0.5) is 4.79 Å². The molecule has 38 heavy (non-hydrogen) atoms. The molecule has 3 N–H and O–H groups in total. The molecule has 0 spiro atoms. The van der Waals surface area contributed by atoms with Gasteiger partial charge in [0.2, 0.25) is 11.8 Å². The fraction of sp³-hybridized carbons (Fsp3) is 0.370. The maximum Gasteiger partial charge on any atom is 0.408 e. The van der Waals surface area contributed by atoms with Crippen LogP contribution < -0.4 is 10.6 Å². The molecule has 0 saturated carbocycles. The van der Waals surface area contributed by atoms with Crippen LogP contribution in [0.1, 0.15) is 37.9 Å². The second kappa shape index (κ2) is 13.6. The van der Waals surface area contributed by atoms with E-state index < -0.39 is 54.7 Å². The van der Waals surface area contributed by atoms with Gasteiger partial charge in [0.25, 0.3) is 0 Å². The Balaban J connectivity index is 2.50. The Morgan fingerprint density at radius 3 is 2.34 bits per heavy atom. The first kappa shape index (κ1) is 29.6. The number of aromatic hydroxyl groups is 1. The van der Waals surface area contributed by atoms with E-state index in [0.29, 0.717) is 5.56 Å². The quantitative estimate of drug-likeness (QED) is 0.315. The number of nitrogens with one attached hydrogen (secondary N) is 2. The third-order valence-electron chi connectivity index (χ3n) is 5.18. The highest BCUT2D eigenvalue weighted by Gasteiger charge is 2.36. The van der Waals surface area contributed by atoms with E-state index in [1.807, 2.05) is 6.07 Å². The summed E-state index contributed by atoms with van der Waals surface area (Å²) in [4.78, 5) is 52.4. The van der Waals surface area contributed by atoms with Crippen LogP contribution in [-0.4, -0.2) is 65.7 Å². The third-order valence-corrected chi connectivity index (χ3v) is 5.18. The van der Waals surface area contributed by atoms with Crippen molar-refractivity contribution in [3.8, 4) is 11.8 Å². The number of benzene rings is 2. The second-order valence-electron chi connectivity index (χ2n) is 9.30. The van der Waals surface area contributed by atoms with Crippen molar-refractivity contribution in [3.63, 3.8) is 0 Å². The number of phenols is 1. The Bertz CT molecular complexity index is 1170. The van der Waals surface area contributed by atoms with Crippen molar-refractivity contribution in [2.24, 2.45) is 0 Å². The van der Waals surface area contributed by atoms with Gasteiger partial charge < -0.3 is 30.1 Å². The molecule has 2 atom stereocenters. The number of rotatable bonds is 10. The number of hydrogen-bond donors (Lipinski definition) is 3. The summed E-state index contributed by atoms with van der Waals surface area (Å²) < 4.78 is 9.89. The van der Waals surface area contributed by atoms with E-state index in [0.717, 1.165) is 12.0 Å². The van der Waals surface area contributed by atoms with Gasteiger partial charge in [0.1, 0.15) is 36.5 Å². The van der Waals surface area contributed by atoms with Gasteiger partial charge in [0.15, 0.2) is 0 Å². The van der Waals surface area contributed by atoms with Crippen LogP contribution in [-0.2, 0) is 30.3 Å². The van der Waals surface area contributed by atoms with Crippen LogP contribution >= 0.6 is 0 Å². The van der Waals surface area contributed by atoms with Crippen molar-refractivity contribution in [1.82, 2.24) is 15.5 Å². The Morgan fingerprint density at radius 1 is 1.08 bits per heavy atom. The molecule has 2 aromatic carbocycles. The molecule has 0 radical (unpaired) electrons. The second-order valence-corrected chi connectivity index (χ2v) is 9.30. The van der Waals surface area contributed by atoms with Gasteiger partial charge in [-0.2, -0.15) is 5.26 Å². The molecule has 2 aromatic rings. The predicted molar refractivity (Wildman–Crippen MR) is 137 cm³/mol. The van der Waals surface area contributed by atoms with Crippen LogP contribution in [0, 0.1) is 11.3 Å². The summed E-state index contributed by atoms with van der Waals surface area (Å²) in [5.41, 5.74) is 0.0591. The molecule has 11 heteroatoms. The Morgan fingerprint density at radius 2 is 1.76 bits per heavy atom. The first-order valence-electron chi connectivity index (χ1n) is 11.8. The average molecular weight is 525 g/mol. The van der Waals surface area contributed by atoms with Crippen LogP contribution in [0.15, 0.2) is 54.6 Å². The van der Waals surface area contributed by atoms with E-state index in [-0.39, 0.29) is 17.7 Å². The van der Waals surface area contributed by atoms with Crippen molar-refractivity contribution in [2.45, 2.75) is 44.9 Å². The van der Waals surface area contributed by atoms with Gasteiger partial charge in [-0.25, -0.2) is 4.79 Å². The number of amides is 3. The number of carbonyl (C=O) groups is 4. The minimum atomic E-state index is -1.42. The summed E-state index contributed by atoms with van der Waals surface area (Å²) in [6.45, 7) is 4.00. The van der Waals surface area contributed by atoms with E-state index in [1.165, 1.54) is 24.3 Å². The Labute approximate surface area is 221 Å². The summed E-state index contributed by atoms with van der Waals surface area (Å²) in [5, 5.41) is 24.6. The molecular weight excluding hydrogens is 492 g/mol. The van der Waals surface area contributed by atoms with E-state index in [1.54, 1.807) is 51.1 Å². The summed E-state index contributed by atoms with van der Waals surface area (Å²) in [7, 11) is 1.16. The average Bonchev–Trinajstić information content (AvgIpc) is 2.85. The van der Waals surface area contributed by atoms with Crippen molar-refractivity contribution in [2.75, 3.05) is 20.2 Å². The maximum absolute atomic E-state index is 13.9. The lowest BCUT2D eigenvalue weighted by Gasteiger charge is -2.33. The largest absolute Gasteiger partial charge is 0.508 e. The zero-order valence-corrected chi connectivity index (χ0v) is 21.8. The SMILES string of the molecule is COC(=O)CNC(=O)C(c1cccc(O)c1)N(CC#N)C(=O)C(Cc1ccccc1)NC(=O)OC(C)(C)C. The molecule has 0 aliphatic heterocycles. The number of nitriles is 1. The van der Waals surface area contributed by atoms with Gasteiger partial charge in [0.05, 0.1) is 13.2 Å². The van der Waals surface area contributed by atoms with Crippen molar-refractivity contribution >= 4 is 23.9 Å². The molecule has 0 saturated heterocycles. The summed E-state index contributed by atoms with van der Waals surface area (Å²) >= 11 is 0. The molecule has 3 amide bonds. The number of ether oxygens (including phenoxy) is 2. The zero-order valence-electron chi connectivity index (χ0n) is 21.8. The molecule has 0 aliphatic rings. The number of esters is 1. The fourth-order valence-corrected chi connectivity index (χ4v) is 3.57. The minimum absolute atomic E-state index is 0.0391. The van der Waals surface area contributed by atoms with E-state index >= 15 is 0 Å². The first-order chi connectivity index (χ1) is 17.9. The number of nitrogens with zero attached hydrogens (tertiary/aromatic N) is 2. The van der Waals surface area contributed by atoms with Gasteiger partial charge >= 0.3 is 12.1 Å². The minimum Gasteiger partial charge on any atom is -0.508 e. The van der Waals surface area contributed by atoms with Crippen molar-refractivity contribution < 1.29 is 33.8 Å². The standard InChI is InChI=1S/C27H32N4O7/c1-27(2,3)38-26(36)30-21(15-18-9-6-5-7-10-18)25(35)31(14-13-28)23(19-11-8-12-20(32)16-19)24(34)29-17-22(33)37-4/h5-12,16,21,23,32H,14-15,17H2,1-4H3,(H,29,34)(H,30,36). The van der Waals surface area contributed by atoms with E-state index in [4.69, 9.17) is 4.74 Å². The van der Waals surface area contributed by atoms with E-state index in [2.05, 4.69) is 15.4 Å². The molecule has 0 bridgehead atoms. The zero-order chi connectivity index (χ0) is 28.3. The van der Waals surface area contributed by atoms with Crippen LogP contribution in [0.3, 0.4) is 0 Å². The fourth-order valence-electron chi connectivity index (χ4n) is 3.57. The number of methoxy groups -OCH3 is 1. The first-order valence-corrected chi connectivity index (χ1v) is 11.8. The summed E-state index contributed by atoms with van der Waals surface area (Å²) in [6, 6.07) is 13.7. The lowest BCUT2D eigenvalue weighted by atomic mass is 10.00. The van der Waals surface area contributed by atoms with Crippen LogP contribution in [0.5, 0.6) is 5.75 Å². The van der Waals surface area contributed by atoms with Gasteiger partial charge in [-0.3, -0.25) is 14.4 Å². The van der Waals surface area contributed by atoms with Gasteiger partial charge in [-0.05, 0) is 44.0 Å². The predicted octanol–water partition coefficient (Wildman–Crippen LogP) is 2.21. The van der Waals surface area contributed by atoms with E-state index in [9.17, 15) is 29.5 Å². The highest BCUT2D eigenvalue weighted by Crippen LogP contribution is 2.26. The monoisotopic (exact) mass is 524 g/mol. The molecule has 0 fully saturated rings. The third kappa shape index (κ3) is 9.13.